The predicted molar refractivity (Wildman–Crippen MR) is 80.2 cm³/mol. The molecule has 6 heteroatoms. The van der Waals surface area contributed by atoms with E-state index in [9.17, 15) is 0 Å². The van der Waals surface area contributed by atoms with Crippen LogP contribution in [0.3, 0.4) is 0 Å². The number of nitrogens with one attached hydrogen (secondary N) is 1. The molecule has 2 aliphatic heterocycles. The van der Waals surface area contributed by atoms with E-state index in [2.05, 4.69) is 45.1 Å². The fourth-order valence-electron chi connectivity index (χ4n) is 2.88. The Labute approximate surface area is 118 Å². The lowest BCUT2D eigenvalue weighted by molar-refractivity contribution is 0.188. The summed E-state index contributed by atoms with van der Waals surface area (Å²) in [5.41, 5.74) is 9.17. The van der Waals surface area contributed by atoms with Crippen LogP contribution >= 0.6 is 0 Å². The quantitative estimate of drug-likeness (QED) is 0.857. The Bertz CT molecular complexity index is 581. The maximum absolute atomic E-state index is 5.82. The lowest BCUT2D eigenvalue weighted by atomic mass is 9.86. The standard InChI is InChI=1S/C14H20N6/c1-8(2)20-7-10(12-4-5-16-19-12)6-11-9(3)17-14(15)18-13(11)20/h4-5,7-8,11,13H,6H2,1-3H3,(H2,15,18)(H,16,19). The number of guanidine groups is 1. The third kappa shape index (κ3) is 2.11. The second-order valence-electron chi connectivity index (χ2n) is 5.63. The molecular formula is C14H20N6. The summed E-state index contributed by atoms with van der Waals surface area (Å²) in [6.45, 7) is 6.36. The molecule has 3 rings (SSSR count). The van der Waals surface area contributed by atoms with Crippen molar-refractivity contribution >= 4 is 17.2 Å². The minimum absolute atomic E-state index is 0.0548. The Kier molecular flexibility index (Phi) is 3.08. The van der Waals surface area contributed by atoms with Crippen molar-refractivity contribution in [2.75, 3.05) is 0 Å². The summed E-state index contributed by atoms with van der Waals surface area (Å²) in [4.78, 5) is 11.1. The summed E-state index contributed by atoms with van der Waals surface area (Å²) in [5.74, 6) is 0.654. The zero-order valence-corrected chi connectivity index (χ0v) is 12.0. The lowest BCUT2D eigenvalue weighted by Crippen LogP contribution is -2.48. The SMILES string of the molecule is CC1=NC(N)=NC2C1CC(c1ccn[nH]1)=CN2C(C)C. The van der Waals surface area contributed by atoms with E-state index >= 15 is 0 Å². The molecular weight excluding hydrogens is 252 g/mol. The van der Waals surface area contributed by atoms with Gasteiger partial charge >= 0.3 is 0 Å². The smallest absolute Gasteiger partial charge is 0.217 e. The van der Waals surface area contributed by atoms with Crippen molar-refractivity contribution in [1.82, 2.24) is 15.1 Å². The van der Waals surface area contributed by atoms with Crippen molar-refractivity contribution < 1.29 is 0 Å². The number of rotatable bonds is 2. The number of nitrogens with two attached hydrogens (primary N) is 1. The fourth-order valence-corrected chi connectivity index (χ4v) is 2.88. The van der Waals surface area contributed by atoms with Gasteiger partial charge in [0.05, 0.1) is 5.69 Å². The summed E-state index contributed by atoms with van der Waals surface area (Å²) in [5, 5.41) is 7.08. The molecule has 0 saturated heterocycles. The minimum Gasteiger partial charge on any atom is -0.368 e. The highest BCUT2D eigenvalue weighted by Gasteiger charge is 2.36. The molecule has 2 aliphatic rings. The first-order valence-electron chi connectivity index (χ1n) is 6.92. The maximum atomic E-state index is 5.82. The van der Waals surface area contributed by atoms with Gasteiger partial charge in [-0.2, -0.15) is 5.10 Å². The molecule has 106 valence electrons. The third-order valence-electron chi connectivity index (χ3n) is 3.95. The molecule has 3 heterocycles. The van der Waals surface area contributed by atoms with Crippen LogP contribution in [-0.4, -0.2) is 39.0 Å². The van der Waals surface area contributed by atoms with Gasteiger partial charge in [-0.1, -0.05) is 0 Å². The zero-order valence-electron chi connectivity index (χ0n) is 12.0. The van der Waals surface area contributed by atoms with Crippen molar-refractivity contribution in [3.63, 3.8) is 0 Å². The van der Waals surface area contributed by atoms with Crippen LogP contribution in [0.5, 0.6) is 0 Å². The average Bonchev–Trinajstić information content (AvgIpc) is 2.91. The highest BCUT2D eigenvalue weighted by atomic mass is 15.3. The Morgan fingerprint density at radius 3 is 2.90 bits per heavy atom. The topological polar surface area (TPSA) is 82.7 Å². The highest BCUT2D eigenvalue weighted by Crippen LogP contribution is 2.35. The first-order valence-corrected chi connectivity index (χ1v) is 6.92. The summed E-state index contributed by atoms with van der Waals surface area (Å²) < 4.78 is 0. The van der Waals surface area contributed by atoms with Gasteiger partial charge in [-0.25, -0.2) is 9.98 Å². The van der Waals surface area contributed by atoms with Crippen molar-refractivity contribution in [2.45, 2.75) is 39.4 Å². The van der Waals surface area contributed by atoms with Gasteiger partial charge in [0.1, 0.15) is 6.17 Å². The van der Waals surface area contributed by atoms with E-state index in [1.54, 1.807) is 6.20 Å². The number of hydrogen-bond donors (Lipinski definition) is 2. The van der Waals surface area contributed by atoms with E-state index < -0.39 is 0 Å². The second-order valence-corrected chi connectivity index (χ2v) is 5.63. The van der Waals surface area contributed by atoms with Gasteiger partial charge in [0.25, 0.3) is 0 Å². The molecule has 1 aromatic rings. The van der Waals surface area contributed by atoms with Gasteiger partial charge in [-0.3, -0.25) is 5.10 Å². The predicted octanol–water partition coefficient (Wildman–Crippen LogP) is 1.60. The highest BCUT2D eigenvalue weighted by molar-refractivity contribution is 5.99. The molecule has 0 fully saturated rings. The Hall–Kier alpha value is -2.11. The molecule has 0 aromatic carbocycles. The Morgan fingerprint density at radius 2 is 2.25 bits per heavy atom. The van der Waals surface area contributed by atoms with E-state index in [0.717, 1.165) is 17.8 Å². The van der Waals surface area contributed by atoms with Crippen LogP contribution < -0.4 is 5.73 Å². The molecule has 1 aromatic heterocycles. The van der Waals surface area contributed by atoms with Gasteiger partial charge in [0, 0.05) is 30.1 Å². The Morgan fingerprint density at radius 1 is 1.45 bits per heavy atom. The van der Waals surface area contributed by atoms with Crippen molar-refractivity contribution in [1.29, 1.82) is 0 Å². The molecule has 0 aliphatic carbocycles. The molecule has 0 spiro atoms. The van der Waals surface area contributed by atoms with E-state index in [0.29, 0.717) is 12.0 Å². The third-order valence-corrected chi connectivity index (χ3v) is 3.95. The molecule has 2 atom stereocenters. The first-order chi connectivity index (χ1) is 9.56. The van der Waals surface area contributed by atoms with Crippen LogP contribution in [0.25, 0.3) is 5.57 Å². The number of aromatic nitrogens is 2. The summed E-state index contributed by atoms with van der Waals surface area (Å²) in [6.07, 6.45) is 4.91. The molecule has 2 unspecified atom stereocenters. The molecule has 0 radical (unpaired) electrons. The molecule has 3 N–H and O–H groups in total. The van der Waals surface area contributed by atoms with Crippen LogP contribution in [0, 0.1) is 5.92 Å². The van der Waals surface area contributed by atoms with E-state index in [4.69, 9.17) is 5.73 Å². The van der Waals surface area contributed by atoms with Crippen LogP contribution in [-0.2, 0) is 0 Å². The maximum Gasteiger partial charge on any atom is 0.217 e. The average molecular weight is 272 g/mol. The van der Waals surface area contributed by atoms with Crippen LogP contribution in [0.4, 0.5) is 0 Å². The zero-order chi connectivity index (χ0) is 14.3. The number of nitrogens with zero attached hydrogens (tertiary/aromatic N) is 4. The number of H-pyrrole nitrogens is 1. The van der Waals surface area contributed by atoms with E-state index in [1.165, 1.54) is 5.57 Å². The van der Waals surface area contributed by atoms with Gasteiger partial charge in [-0.15, -0.1) is 0 Å². The summed E-state index contributed by atoms with van der Waals surface area (Å²) in [7, 11) is 0. The largest absolute Gasteiger partial charge is 0.368 e. The van der Waals surface area contributed by atoms with Gasteiger partial charge in [-0.05, 0) is 38.8 Å². The Balaban J connectivity index is 2.02. The lowest BCUT2D eigenvalue weighted by Gasteiger charge is -2.42. The van der Waals surface area contributed by atoms with Gasteiger partial charge < -0.3 is 10.6 Å². The van der Waals surface area contributed by atoms with Crippen LogP contribution in [0.2, 0.25) is 0 Å². The molecule has 6 nitrogen and oxygen atoms in total. The van der Waals surface area contributed by atoms with Crippen LogP contribution in [0.1, 0.15) is 32.9 Å². The molecule has 20 heavy (non-hydrogen) atoms. The number of aromatic amines is 1. The fraction of sp³-hybridized carbons (Fsp3) is 0.500. The number of hydrogen-bond acceptors (Lipinski definition) is 5. The van der Waals surface area contributed by atoms with Gasteiger partial charge in [0.2, 0.25) is 5.96 Å². The second kappa shape index (κ2) is 4.77. The molecule has 0 bridgehead atoms. The summed E-state index contributed by atoms with van der Waals surface area (Å²) >= 11 is 0. The first kappa shape index (κ1) is 12.9. The monoisotopic (exact) mass is 272 g/mol. The minimum atomic E-state index is 0.0548. The van der Waals surface area contributed by atoms with Crippen molar-refractivity contribution in [3.05, 3.63) is 24.2 Å². The normalized spacial score (nSPS) is 26.0. The van der Waals surface area contributed by atoms with E-state index in [1.807, 2.05) is 13.0 Å². The van der Waals surface area contributed by atoms with Crippen molar-refractivity contribution in [3.8, 4) is 0 Å². The van der Waals surface area contributed by atoms with Crippen LogP contribution in [0.15, 0.2) is 28.4 Å². The van der Waals surface area contributed by atoms with E-state index in [-0.39, 0.29) is 12.1 Å². The number of fused-ring (bicyclic) bond motifs is 1. The number of allylic oxidation sites excluding steroid dienone is 1. The number of aliphatic imine (C=N–C) groups is 2. The molecule has 0 amide bonds. The van der Waals surface area contributed by atoms with Crippen molar-refractivity contribution in [2.24, 2.45) is 21.6 Å². The van der Waals surface area contributed by atoms with Gasteiger partial charge in [0.15, 0.2) is 0 Å². The summed E-state index contributed by atoms with van der Waals surface area (Å²) in [6, 6.07) is 2.35. The molecule has 0 saturated carbocycles.